The number of pyridine rings is 1. The lowest BCUT2D eigenvalue weighted by Crippen LogP contribution is -2.42. The summed E-state index contributed by atoms with van der Waals surface area (Å²) in [4.78, 5) is 18.8. The zero-order valence-corrected chi connectivity index (χ0v) is 16.2. The van der Waals surface area contributed by atoms with Gasteiger partial charge in [-0.3, -0.25) is 4.79 Å². The molecular weight excluding hydrogens is 358 g/mol. The lowest BCUT2D eigenvalue weighted by molar-refractivity contribution is -0.118. The van der Waals surface area contributed by atoms with E-state index in [1.54, 1.807) is 11.8 Å². The highest BCUT2D eigenvalue weighted by atomic mass is 35.5. The number of fused-ring (bicyclic) bond motifs is 1. The molecule has 0 saturated carbocycles. The highest BCUT2D eigenvalue weighted by molar-refractivity contribution is 7.99. The summed E-state index contributed by atoms with van der Waals surface area (Å²) in [5.41, 5.74) is 0.800. The van der Waals surface area contributed by atoms with Crippen LogP contribution in [0.1, 0.15) is 18.5 Å². The zero-order valence-electron chi connectivity index (χ0n) is 14.6. The van der Waals surface area contributed by atoms with Crippen LogP contribution in [0, 0.1) is 18.8 Å². The molecule has 0 unspecified atom stereocenters. The molecule has 0 aromatic carbocycles. The molecule has 0 radical (unpaired) electrons. The molecular formula is C18H24ClN3O2S. The quantitative estimate of drug-likeness (QED) is 0.849. The molecule has 3 saturated heterocycles. The van der Waals surface area contributed by atoms with E-state index in [-0.39, 0.29) is 11.5 Å². The number of hydrogen-bond acceptors (Lipinski definition) is 5. The minimum absolute atomic E-state index is 0.0607. The maximum atomic E-state index is 11.8. The summed E-state index contributed by atoms with van der Waals surface area (Å²) in [7, 11) is 0. The van der Waals surface area contributed by atoms with Crippen LogP contribution >= 0.6 is 23.4 Å². The molecule has 4 rings (SSSR count). The Hall–Kier alpha value is -0.980. The normalized spacial score (nSPS) is 32.9. The van der Waals surface area contributed by atoms with Crippen molar-refractivity contribution in [2.75, 3.05) is 36.5 Å². The fourth-order valence-electron chi connectivity index (χ4n) is 4.76. The largest absolute Gasteiger partial charge is 0.369 e. The van der Waals surface area contributed by atoms with Crippen molar-refractivity contribution in [3.05, 3.63) is 22.8 Å². The van der Waals surface area contributed by atoms with Crippen LogP contribution in [0.4, 0.5) is 5.82 Å². The van der Waals surface area contributed by atoms with E-state index in [9.17, 15) is 4.79 Å². The number of nitrogens with one attached hydrogen (secondary N) is 1. The highest BCUT2D eigenvalue weighted by Gasteiger charge is 2.63. The van der Waals surface area contributed by atoms with Crippen LogP contribution in [0.25, 0.3) is 0 Å². The van der Waals surface area contributed by atoms with Crippen molar-refractivity contribution in [3.63, 3.8) is 0 Å². The van der Waals surface area contributed by atoms with Crippen LogP contribution in [-0.2, 0) is 9.53 Å². The number of aromatic nitrogens is 1. The molecule has 4 heterocycles. The number of ether oxygens (including phenoxy) is 1. The van der Waals surface area contributed by atoms with Gasteiger partial charge in [0.05, 0.1) is 28.2 Å². The Kier molecular flexibility index (Phi) is 4.63. The summed E-state index contributed by atoms with van der Waals surface area (Å²) in [6.45, 7) is 4.48. The van der Waals surface area contributed by atoms with Crippen molar-refractivity contribution in [1.29, 1.82) is 0 Å². The summed E-state index contributed by atoms with van der Waals surface area (Å²) >= 11 is 7.67. The second-order valence-electron chi connectivity index (χ2n) is 7.38. The number of carbonyl (C=O) groups excluding carboxylic acids is 1. The zero-order chi connectivity index (χ0) is 17.6. The van der Waals surface area contributed by atoms with Gasteiger partial charge in [-0.1, -0.05) is 11.6 Å². The van der Waals surface area contributed by atoms with Gasteiger partial charge in [-0.05, 0) is 38.2 Å². The Balaban J connectivity index is 1.48. The van der Waals surface area contributed by atoms with Crippen molar-refractivity contribution in [3.8, 4) is 0 Å². The second-order valence-corrected chi connectivity index (χ2v) is 8.66. The fourth-order valence-corrected chi connectivity index (χ4v) is 5.23. The number of nitrogens with zero attached hydrogens (tertiary/aromatic N) is 2. The topological polar surface area (TPSA) is 54.5 Å². The Labute approximate surface area is 157 Å². The summed E-state index contributed by atoms with van der Waals surface area (Å²) in [6, 6.07) is 3.91. The molecule has 7 heteroatoms. The van der Waals surface area contributed by atoms with E-state index in [0.717, 1.165) is 44.0 Å². The van der Waals surface area contributed by atoms with Gasteiger partial charge in [0.2, 0.25) is 5.91 Å². The lowest BCUT2D eigenvalue weighted by Gasteiger charge is -2.29. The molecule has 136 valence electrons. The molecule has 3 aliphatic rings. The smallest absolute Gasteiger partial charge is 0.229 e. The van der Waals surface area contributed by atoms with Gasteiger partial charge in [-0.25, -0.2) is 4.98 Å². The molecule has 1 amide bonds. The van der Waals surface area contributed by atoms with Crippen LogP contribution in [0.5, 0.6) is 0 Å². The first-order chi connectivity index (χ1) is 12.0. The summed E-state index contributed by atoms with van der Waals surface area (Å²) in [5, 5.41) is 3.80. The summed E-state index contributed by atoms with van der Waals surface area (Å²) in [5.74, 6) is 2.47. The minimum Gasteiger partial charge on any atom is -0.369 e. The van der Waals surface area contributed by atoms with E-state index >= 15 is 0 Å². The van der Waals surface area contributed by atoms with Crippen molar-refractivity contribution >= 4 is 35.1 Å². The van der Waals surface area contributed by atoms with Crippen LogP contribution in [0.3, 0.4) is 0 Å². The van der Waals surface area contributed by atoms with Gasteiger partial charge in [0, 0.05) is 31.5 Å². The summed E-state index contributed by atoms with van der Waals surface area (Å²) < 4.78 is 6.44. The van der Waals surface area contributed by atoms with Crippen LogP contribution in [0.15, 0.2) is 12.1 Å². The second kappa shape index (κ2) is 6.63. The van der Waals surface area contributed by atoms with Crippen molar-refractivity contribution in [2.24, 2.45) is 11.8 Å². The Morgan fingerprint density at radius 1 is 1.56 bits per heavy atom. The molecule has 1 aromatic heterocycles. The van der Waals surface area contributed by atoms with Gasteiger partial charge in [-0.15, -0.1) is 0 Å². The first-order valence-electron chi connectivity index (χ1n) is 8.84. The van der Waals surface area contributed by atoms with Gasteiger partial charge >= 0.3 is 0 Å². The standard InChI is InChI=1S/C18H24ClN3O2S/c1-11-14(19)3-4-16(21-11)22-8-13-12(7-20-17(23)9-25-2)15-5-6-18(13,10-22)24-15/h3-4,12-13,15H,5-10H2,1-2H3,(H,20,23)/t12-,13+,15+,18+/m0/s1. The minimum atomic E-state index is -0.0607. The average molecular weight is 382 g/mol. The third-order valence-electron chi connectivity index (χ3n) is 5.92. The third kappa shape index (κ3) is 3.02. The van der Waals surface area contributed by atoms with Gasteiger partial charge in [0.1, 0.15) is 5.82 Å². The van der Waals surface area contributed by atoms with Gasteiger partial charge in [0.15, 0.2) is 0 Å². The number of amides is 1. The monoisotopic (exact) mass is 381 g/mol. The number of halogens is 1. The molecule has 1 spiro atoms. The van der Waals surface area contributed by atoms with Crippen LogP contribution < -0.4 is 10.2 Å². The average Bonchev–Trinajstić information content (AvgIpc) is 3.24. The third-order valence-corrected chi connectivity index (χ3v) is 6.88. The Bertz CT molecular complexity index is 688. The van der Waals surface area contributed by atoms with Gasteiger partial charge in [-0.2, -0.15) is 11.8 Å². The molecule has 1 N–H and O–H groups in total. The van der Waals surface area contributed by atoms with Crippen LogP contribution in [-0.4, -0.2) is 54.2 Å². The van der Waals surface area contributed by atoms with Crippen LogP contribution in [0.2, 0.25) is 5.02 Å². The molecule has 25 heavy (non-hydrogen) atoms. The van der Waals surface area contributed by atoms with Gasteiger partial charge in [0.25, 0.3) is 0 Å². The maximum absolute atomic E-state index is 11.8. The number of rotatable bonds is 5. The maximum Gasteiger partial charge on any atom is 0.229 e. The highest BCUT2D eigenvalue weighted by Crippen LogP contribution is 2.55. The SMILES string of the molecule is CSCC(=O)NC[C@H]1[C@H]2CN(c3ccc(Cl)c(C)n3)C[C@]23CC[C@H]1O3. The molecule has 2 bridgehead atoms. The molecule has 3 aliphatic heterocycles. The molecule has 5 nitrogen and oxygen atoms in total. The van der Waals surface area contributed by atoms with E-state index in [1.807, 2.05) is 25.3 Å². The van der Waals surface area contributed by atoms with E-state index in [4.69, 9.17) is 16.3 Å². The molecule has 4 atom stereocenters. The van der Waals surface area contributed by atoms with Crippen molar-refractivity contribution < 1.29 is 9.53 Å². The van der Waals surface area contributed by atoms with Crippen molar-refractivity contribution in [2.45, 2.75) is 31.5 Å². The predicted molar refractivity (Wildman–Crippen MR) is 101 cm³/mol. The fraction of sp³-hybridized carbons (Fsp3) is 0.667. The lowest BCUT2D eigenvalue weighted by atomic mass is 9.73. The number of carbonyl (C=O) groups is 1. The van der Waals surface area contributed by atoms with E-state index in [2.05, 4.69) is 15.2 Å². The molecule has 1 aromatic rings. The first kappa shape index (κ1) is 17.4. The molecule has 3 fully saturated rings. The van der Waals surface area contributed by atoms with E-state index in [0.29, 0.717) is 28.7 Å². The number of aryl methyl sites for hydroxylation is 1. The number of anilines is 1. The Morgan fingerprint density at radius 3 is 3.16 bits per heavy atom. The van der Waals surface area contributed by atoms with E-state index in [1.165, 1.54) is 0 Å². The van der Waals surface area contributed by atoms with Crippen molar-refractivity contribution in [1.82, 2.24) is 10.3 Å². The Morgan fingerprint density at radius 2 is 2.40 bits per heavy atom. The molecule has 0 aliphatic carbocycles. The van der Waals surface area contributed by atoms with Gasteiger partial charge < -0.3 is 15.0 Å². The number of thioether (sulfide) groups is 1. The predicted octanol–water partition coefficient (Wildman–Crippen LogP) is 2.51. The van der Waals surface area contributed by atoms with E-state index < -0.39 is 0 Å². The summed E-state index contributed by atoms with van der Waals surface area (Å²) in [6.07, 6.45) is 4.45. The number of hydrogen-bond donors (Lipinski definition) is 1. The first-order valence-corrected chi connectivity index (χ1v) is 10.6.